The number of fused-ring (bicyclic) bond motifs is 2. The van der Waals surface area contributed by atoms with Gasteiger partial charge < -0.3 is 14.8 Å². The van der Waals surface area contributed by atoms with Crippen LogP contribution in [-0.2, 0) is 6.42 Å². The highest BCUT2D eigenvalue weighted by molar-refractivity contribution is 6.03. The fraction of sp³-hybridized carbons (Fsp3) is 0.138. The number of rotatable bonds is 7. The molecule has 0 saturated heterocycles. The molecule has 0 aliphatic rings. The zero-order valence-corrected chi connectivity index (χ0v) is 20.6. The van der Waals surface area contributed by atoms with Gasteiger partial charge in [0.25, 0.3) is 0 Å². The number of ether oxygens (including phenoxy) is 1. The second kappa shape index (κ2) is 10.2. The van der Waals surface area contributed by atoms with Crippen LogP contribution in [-0.4, -0.2) is 22.7 Å². The summed E-state index contributed by atoms with van der Waals surface area (Å²) in [5.41, 5.74) is 3.38. The third-order valence-electron chi connectivity index (χ3n) is 6.71. The van der Waals surface area contributed by atoms with Gasteiger partial charge in [0.2, 0.25) is 5.82 Å². The number of nitrogens with one attached hydrogen (secondary N) is 1. The summed E-state index contributed by atoms with van der Waals surface area (Å²) in [6.45, 7) is 1.38. The third-order valence-corrected chi connectivity index (χ3v) is 6.71. The topological polar surface area (TPSA) is 62.3 Å². The average molecular weight is 561 g/mol. The van der Waals surface area contributed by atoms with E-state index in [4.69, 9.17) is 4.74 Å². The fourth-order valence-electron chi connectivity index (χ4n) is 4.84. The molecule has 0 aliphatic carbocycles. The van der Waals surface area contributed by atoms with Crippen LogP contribution < -0.4 is 4.74 Å². The number of halogens is 7. The van der Waals surface area contributed by atoms with Crippen LogP contribution in [0.5, 0.6) is 5.75 Å². The van der Waals surface area contributed by atoms with Crippen molar-refractivity contribution in [3.05, 3.63) is 100 Å². The van der Waals surface area contributed by atoms with Crippen molar-refractivity contribution in [2.45, 2.75) is 19.8 Å². The van der Waals surface area contributed by atoms with E-state index in [-0.39, 0.29) is 18.5 Å². The maximum Gasteiger partial charge on any atom is 0.352 e. The molecule has 0 fully saturated rings. The Bertz CT molecular complexity index is 1820. The van der Waals surface area contributed by atoms with Crippen LogP contribution >= 0.6 is 0 Å². The minimum absolute atomic E-state index is 0.0158. The Labute approximate surface area is 221 Å². The van der Waals surface area contributed by atoms with Crippen molar-refractivity contribution < 1.29 is 45.4 Å². The summed E-state index contributed by atoms with van der Waals surface area (Å²) >= 11 is 0. The van der Waals surface area contributed by atoms with Gasteiger partial charge in [-0.15, -0.1) is 0 Å². The smallest absolute Gasteiger partial charge is 0.352 e. The maximum atomic E-state index is 14.5. The first-order valence-corrected chi connectivity index (χ1v) is 11.9. The van der Waals surface area contributed by atoms with E-state index in [0.717, 1.165) is 16.7 Å². The Morgan fingerprint density at radius 3 is 2.02 bits per heavy atom. The van der Waals surface area contributed by atoms with E-state index in [1.54, 1.807) is 12.1 Å². The van der Waals surface area contributed by atoms with Gasteiger partial charge in [-0.1, -0.05) is 42.5 Å². The van der Waals surface area contributed by atoms with Crippen molar-refractivity contribution in [3.63, 3.8) is 0 Å². The van der Waals surface area contributed by atoms with Gasteiger partial charge >= 0.3 is 5.97 Å². The molecule has 40 heavy (non-hydrogen) atoms. The number of carboxylic acids is 1. The number of hydrogen-bond acceptors (Lipinski definition) is 2. The molecular weight excluding hydrogens is 543 g/mol. The van der Waals surface area contributed by atoms with Crippen molar-refractivity contribution in [1.82, 2.24) is 4.98 Å². The number of aromatic carboxylic acids is 1. The van der Waals surface area contributed by atoms with Crippen molar-refractivity contribution in [3.8, 4) is 16.9 Å². The monoisotopic (exact) mass is 561 g/mol. The van der Waals surface area contributed by atoms with Gasteiger partial charge in [0, 0.05) is 10.9 Å². The lowest BCUT2D eigenvalue weighted by atomic mass is 9.97. The summed E-state index contributed by atoms with van der Waals surface area (Å²) in [5, 5.41) is 7.30. The molecule has 4 nitrogen and oxygen atoms in total. The van der Waals surface area contributed by atoms with Gasteiger partial charge in [-0.25, -0.2) is 31.1 Å². The Balaban J connectivity index is 1.49. The normalized spacial score (nSPS) is 11.5. The molecule has 5 rings (SSSR count). The molecule has 5 aromatic rings. The molecule has 206 valence electrons. The number of aryl methyl sites for hydroxylation is 2. The first kappa shape index (κ1) is 27.0. The van der Waals surface area contributed by atoms with Gasteiger partial charge in [0.1, 0.15) is 5.69 Å². The highest BCUT2D eigenvalue weighted by Crippen LogP contribution is 2.39. The molecule has 0 radical (unpaired) electrons. The minimum Gasteiger partial charge on any atom is -0.490 e. The van der Waals surface area contributed by atoms with Crippen LogP contribution in [0.3, 0.4) is 0 Å². The molecule has 0 unspecified atom stereocenters. The van der Waals surface area contributed by atoms with E-state index < -0.39 is 69.8 Å². The molecule has 0 bridgehead atoms. The summed E-state index contributed by atoms with van der Waals surface area (Å²) in [4.78, 5) is 14.9. The molecule has 4 aromatic carbocycles. The molecule has 0 atom stereocenters. The number of aromatic amines is 1. The predicted molar refractivity (Wildman–Crippen MR) is 133 cm³/mol. The van der Waals surface area contributed by atoms with Crippen molar-refractivity contribution in [2.24, 2.45) is 0 Å². The average Bonchev–Trinajstić information content (AvgIpc) is 3.32. The Kier molecular flexibility index (Phi) is 6.91. The summed E-state index contributed by atoms with van der Waals surface area (Å²) in [6.07, 6.45) is -0.0442. The highest BCUT2D eigenvalue weighted by Gasteiger charge is 2.31. The summed E-state index contributed by atoms with van der Waals surface area (Å²) in [7, 11) is 0. The summed E-state index contributed by atoms with van der Waals surface area (Å²) in [5.74, 6) is -18.3. The number of H-pyrrole nitrogens is 1. The van der Waals surface area contributed by atoms with Gasteiger partial charge in [0.05, 0.1) is 22.9 Å². The second-order valence-corrected chi connectivity index (χ2v) is 9.06. The molecule has 2 N–H and O–H groups in total. The van der Waals surface area contributed by atoms with E-state index in [1.807, 2.05) is 37.3 Å². The quantitative estimate of drug-likeness (QED) is 0.0917. The van der Waals surface area contributed by atoms with Crippen LogP contribution in [0, 0.1) is 47.6 Å². The van der Waals surface area contributed by atoms with Crippen molar-refractivity contribution in [1.29, 1.82) is 0 Å². The number of carbonyl (C=O) groups is 1. The number of carboxylic acid groups (broad SMARTS) is 1. The molecule has 0 saturated carbocycles. The Morgan fingerprint density at radius 1 is 0.775 bits per heavy atom. The van der Waals surface area contributed by atoms with Gasteiger partial charge in [0.15, 0.2) is 40.7 Å². The van der Waals surface area contributed by atoms with Crippen LogP contribution in [0.25, 0.3) is 32.8 Å². The second-order valence-electron chi connectivity index (χ2n) is 9.06. The lowest BCUT2D eigenvalue weighted by Gasteiger charge is -2.14. The summed E-state index contributed by atoms with van der Waals surface area (Å²) in [6, 6.07) is 12.8. The van der Waals surface area contributed by atoms with Crippen LogP contribution in [0.1, 0.15) is 28.0 Å². The van der Waals surface area contributed by atoms with E-state index in [9.17, 15) is 40.6 Å². The lowest BCUT2D eigenvalue weighted by molar-refractivity contribution is 0.0690. The molecule has 1 aromatic heterocycles. The van der Waals surface area contributed by atoms with E-state index >= 15 is 0 Å². The minimum atomic E-state index is -2.40. The number of hydrogen-bond donors (Lipinski definition) is 2. The predicted octanol–water partition coefficient (Wildman–Crippen LogP) is 7.98. The first-order valence-electron chi connectivity index (χ1n) is 11.9. The van der Waals surface area contributed by atoms with Crippen LogP contribution in [0.2, 0.25) is 0 Å². The zero-order valence-electron chi connectivity index (χ0n) is 20.6. The molecular formula is C29H18F7NO3. The third kappa shape index (κ3) is 4.21. The van der Waals surface area contributed by atoms with Gasteiger partial charge in [-0.05, 0) is 36.5 Å². The standard InChI is InChI=1S/C29H18F7NO3/c1-12-6-2-3-7-13(12)14-8-4-9-15-16(27(29(38)39)37-26(14)15)10-5-11-40-28-18-17(20(31)24(35)25(28)36)19(30)22(33)23(34)21(18)32/h2-4,6-9,37H,5,10-11H2,1H3,(H,38,39). The SMILES string of the molecule is Cc1ccccc1-c1cccc2c(CCCOc3c(F)c(F)c(F)c4c(F)c(F)c(F)c(F)c34)c(C(=O)O)[nH]c12. The zero-order chi connectivity index (χ0) is 28.9. The number of benzene rings is 4. The molecule has 11 heteroatoms. The molecule has 0 aliphatic heterocycles. The van der Waals surface area contributed by atoms with Crippen LogP contribution in [0.15, 0.2) is 42.5 Å². The maximum absolute atomic E-state index is 14.5. The number of aromatic nitrogens is 1. The molecule has 1 heterocycles. The lowest BCUT2D eigenvalue weighted by Crippen LogP contribution is -2.09. The Hall–Kier alpha value is -4.54. The first-order chi connectivity index (χ1) is 19.0. The molecule has 0 amide bonds. The van der Waals surface area contributed by atoms with Gasteiger partial charge in [-0.2, -0.15) is 4.39 Å². The van der Waals surface area contributed by atoms with Crippen molar-refractivity contribution >= 4 is 27.6 Å². The van der Waals surface area contributed by atoms with E-state index in [1.165, 1.54) is 0 Å². The molecule has 0 spiro atoms. The van der Waals surface area contributed by atoms with E-state index in [0.29, 0.717) is 16.5 Å². The summed E-state index contributed by atoms with van der Waals surface area (Å²) < 4.78 is 104. The van der Waals surface area contributed by atoms with Crippen LogP contribution in [0.4, 0.5) is 30.7 Å². The largest absolute Gasteiger partial charge is 0.490 e. The Morgan fingerprint density at radius 2 is 1.38 bits per heavy atom. The van der Waals surface area contributed by atoms with E-state index in [2.05, 4.69) is 4.98 Å². The fourth-order valence-corrected chi connectivity index (χ4v) is 4.84. The highest BCUT2D eigenvalue weighted by atomic mass is 19.2. The van der Waals surface area contributed by atoms with Gasteiger partial charge in [-0.3, -0.25) is 0 Å². The number of para-hydroxylation sites is 1. The van der Waals surface area contributed by atoms with Crippen molar-refractivity contribution in [2.75, 3.05) is 6.61 Å².